The van der Waals surface area contributed by atoms with E-state index in [4.69, 9.17) is 4.43 Å². The van der Waals surface area contributed by atoms with Gasteiger partial charge in [0, 0.05) is 0 Å². The van der Waals surface area contributed by atoms with Crippen molar-refractivity contribution in [3.63, 3.8) is 0 Å². The maximum atomic E-state index is 12.7. The lowest BCUT2D eigenvalue weighted by molar-refractivity contribution is -0.114. The van der Waals surface area contributed by atoms with Gasteiger partial charge in [-0.25, -0.2) is 0 Å². The molecule has 1 heterocycles. The van der Waals surface area contributed by atoms with Gasteiger partial charge >= 0.3 is 0 Å². The van der Waals surface area contributed by atoms with Crippen LogP contribution in [0.5, 0.6) is 5.75 Å². The molecule has 0 aromatic heterocycles. The molecule has 25 heavy (non-hydrogen) atoms. The van der Waals surface area contributed by atoms with Crippen molar-refractivity contribution in [3.05, 3.63) is 65.7 Å². The Balaban J connectivity index is 1.82. The molecule has 1 aliphatic heterocycles. The van der Waals surface area contributed by atoms with Gasteiger partial charge in [-0.2, -0.15) is 10.1 Å². The van der Waals surface area contributed by atoms with E-state index >= 15 is 0 Å². The van der Waals surface area contributed by atoms with E-state index in [0.29, 0.717) is 5.57 Å². The van der Waals surface area contributed by atoms with Crippen molar-refractivity contribution < 1.29 is 9.22 Å². The van der Waals surface area contributed by atoms with E-state index in [-0.39, 0.29) is 5.91 Å². The molecule has 4 nitrogen and oxygen atoms in total. The Labute approximate surface area is 149 Å². The summed E-state index contributed by atoms with van der Waals surface area (Å²) < 4.78 is 5.96. The third-order valence-electron chi connectivity index (χ3n) is 3.68. The van der Waals surface area contributed by atoms with Gasteiger partial charge in [-0.3, -0.25) is 4.79 Å². The van der Waals surface area contributed by atoms with E-state index in [1.807, 2.05) is 67.6 Å². The van der Waals surface area contributed by atoms with Gasteiger partial charge in [0.05, 0.1) is 17.0 Å². The highest BCUT2D eigenvalue weighted by Gasteiger charge is 2.28. The van der Waals surface area contributed by atoms with Crippen molar-refractivity contribution in [2.45, 2.75) is 26.6 Å². The molecule has 0 fully saturated rings. The summed E-state index contributed by atoms with van der Waals surface area (Å²) >= 11 is 0. The Morgan fingerprint density at radius 3 is 2.24 bits per heavy atom. The summed E-state index contributed by atoms with van der Waals surface area (Å²) in [7, 11) is -1.62. The molecule has 0 aliphatic carbocycles. The maximum Gasteiger partial charge on any atom is 0.280 e. The molecule has 1 amide bonds. The van der Waals surface area contributed by atoms with Crippen LogP contribution in [0.15, 0.2) is 65.3 Å². The quantitative estimate of drug-likeness (QED) is 0.592. The molecule has 2 aromatic rings. The van der Waals surface area contributed by atoms with Crippen LogP contribution in [0.1, 0.15) is 12.5 Å². The number of hydrazone groups is 1. The predicted molar refractivity (Wildman–Crippen MR) is 105 cm³/mol. The van der Waals surface area contributed by atoms with Crippen LogP contribution in [0.3, 0.4) is 0 Å². The summed E-state index contributed by atoms with van der Waals surface area (Å²) in [4.78, 5) is 12.7. The number of hydrogen-bond donors (Lipinski definition) is 0. The van der Waals surface area contributed by atoms with Gasteiger partial charge in [0.25, 0.3) is 5.91 Å². The molecule has 0 saturated carbocycles. The Hall–Kier alpha value is -2.66. The number of carbonyl (C=O) groups excluding carboxylic acids is 1. The SMILES string of the molecule is CC1=NN(c2ccccc2)C(=O)/C1=C\c1ccc(O[Si](C)(C)C)cc1. The molecule has 0 unspecified atom stereocenters. The molecular weight excluding hydrogens is 328 g/mol. The second kappa shape index (κ2) is 6.68. The van der Waals surface area contributed by atoms with Gasteiger partial charge in [0.1, 0.15) is 5.75 Å². The summed E-state index contributed by atoms with van der Waals surface area (Å²) in [5, 5.41) is 5.84. The highest BCUT2D eigenvalue weighted by atomic mass is 28.4. The van der Waals surface area contributed by atoms with Crippen molar-refractivity contribution in [3.8, 4) is 5.75 Å². The summed E-state index contributed by atoms with van der Waals surface area (Å²) in [5.41, 5.74) is 3.06. The minimum Gasteiger partial charge on any atom is -0.544 e. The van der Waals surface area contributed by atoms with E-state index in [1.54, 1.807) is 0 Å². The monoisotopic (exact) mass is 350 g/mol. The average Bonchev–Trinajstić information content (AvgIpc) is 2.84. The normalized spacial score (nSPS) is 16.3. The molecule has 5 heteroatoms. The van der Waals surface area contributed by atoms with Gasteiger partial charge in [0.2, 0.25) is 8.32 Å². The molecule has 0 radical (unpaired) electrons. The molecule has 0 atom stereocenters. The van der Waals surface area contributed by atoms with Crippen LogP contribution in [-0.4, -0.2) is 19.9 Å². The first-order valence-corrected chi connectivity index (χ1v) is 11.7. The predicted octanol–water partition coefficient (Wildman–Crippen LogP) is 4.71. The highest BCUT2D eigenvalue weighted by Crippen LogP contribution is 2.25. The Bertz CT molecular complexity index is 834. The number of carbonyl (C=O) groups is 1. The minimum atomic E-state index is -1.62. The maximum absolute atomic E-state index is 12.7. The summed E-state index contributed by atoms with van der Waals surface area (Å²) in [6.45, 7) is 8.31. The molecule has 1 aliphatic rings. The fourth-order valence-electron chi connectivity index (χ4n) is 2.58. The summed E-state index contributed by atoms with van der Waals surface area (Å²) in [6.07, 6.45) is 1.88. The van der Waals surface area contributed by atoms with Crippen molar-refractivity contribution in [2.75, 3.05) is 5.01 Å². The lowest BCUT2D eigenvalue weighted by atomic mass is 10.1. The van der Waals surface area contributed by atoms with Crippen LogP contribution in [-0.2, 0) is 4.79 Å². The van der Waals surface area contributed by atoms with Crippen LogP contribution in [0.4, 0.5) is 5.69 Å². The first-order valence-electron chi connectivity index (χ1n) is 8.29. The molecule has 0 bridgehead atoms. The zero-order valence-electron chi connectivity index (χ0n) is 15.0. The Kier molecular flexibility index (Phi) is 4.59. The van der Waals surface area contributed by atoms with Crippen LogP contribution in [0, 0.1) is 0 Å². The van der Waals surface area contributed by atoms with E-state index in [0.717, 1.165) is 22.7 Å². The van der Waals surface area contributed by atoms with E-state index < -0.39 is 8.32 Å². The fraction of sp³-hybridized carbons (Fsp3) is 0.200. The number of rotatable bonds is 4. The molecule has 3 rings (SSSR count). The first-order chi connectivity index (χ1) is 11.8. The average molecular weight is 350 g/mol. The molecule has 2 aromatic carbocycles. The van der Waals surface area contributed by atoms with E-state index in [2.05, 4.69) is 24.7 Å². The minimum absolute atomic E-state index is 0.105. The third kappa shape index (κ3) is 4.06. The van der Waals surface area contributed by atoms with Gasteiger partial charge in [-0.1, -0.05) is 30.3 Å². The van der Waals surface area contributed by atoms with Crippen molar-refractivity contribution in [1.82, 2.24) is 0 Å². The highest BCUT2D eigenvalue weighted by molar-refractivity contribution is 6.70. The standard InChI is InChI=1S/C20H22N2O2Si/c1-15-19(20(23)22(21-15)17-8-6-5-7-9-17)14-16-10-12-18(13-11-16)24-25(2,3)4/h5-14H,1-4H3/b19-14-. The van der Waals surface area contributed by atoms with Crippen LogP contribution < -0.4 is 9.43 Å². The molecule has 0 N–H and O–H groups in total. The van der Waals surface area contributed by atoms with Crippen molar-refractivity contribution in [2.24, 2.45) is 5.10 Å². The van der Waals surface area contributed by atoms with E-state index in [1.165, 1.54) is 5.01 Å². The van der Waals surface area contributed by atoms with Crippen molar-refractivity contribution in [1.29, 1.82) is 0 Å². The summed E-state index contributed by atoms with van der Waals surface area (Å²) in [5.74, 6) is 0.765. The first kappa shape index (κ1) is 17.2. The topological polar surface area (TPSA) is 41.9 Å². The number of para-hydroxylation sites is 1. The van der Waals surface area contributed by atoms with Gasteiger partial charge in [0.15, 0.2) is 0 Å². The summed E-state index contributed by atoms with van der Waals surface area (Å²) in [6, 6.07) is 17.3. The van der Waals surface area contributed by atoms with Crippen molar-refractivity contribution >= 4 is 31.7 Å². The van der Waals surface area contributed by atoms with E-state index in [9.17, 15) is 4.79 Å². The Morgan fingerprint density at radius 2 is 1.64 bits per heavy atom. The van der Waals surface area contributed by atoms with Crippen LogP contribution >= 0.6 is 0 Å². The van der Waals surface area contributed by atoms with Gasteiger partial charge < -0.3 is 4.43 Å². The largest absolute Gasteiger partial charge is 0.544 e. The number of benzene rings is 2. The Morgan fingerprint density at radius 1 is 1.00 bits per heavy atom. The number of nitrogens with zero attached hydrogens (tertiary/aromatic N) is 2. The lowest BCUT2D eigenvalue weighted by Gasteiger charge is -2.19. The third-order valence-corrected chi connectivity index (χ3v) is 4.53. The molecule has 0 spiro atoms. The van der Waals surface area contributed by atoms with Gasteiger partial charge in [-0.15, -0.1) is 0 Å². The molecule has 128 valence electrons. The molecule has 0 saturated heterocycles. The fourth-order valence-corrected chi connectivity index (χ4v) is 3.42. The number of hydrogen-bond acceptors (Lipinski definition) is 3. The van der Waals surface area contributed by atoms with Gasteiger partial charge in [-0.05, 0) is 62.5 Å². The second-order valence-corrected chi connectivity index (χ2v) is 11.4. The van der Waals surface area contributed by atoms with Crippen LogP contribution in [0.2, 0.25) is 19.6 Å². The lowest BCUT2D eigenvalue weighted by Crippen LogP contribution is -2.29. The second-order valence-electron chi connectivity index (χ2n) is 6.98. The zero-order chi connectivity index (χ0) is 18.0. The zero-order valence-corrected chi connectivity index (χ0v) is 16.0. The number of anilines is 1. The smallest absolute Gasteiger partial charge is 0.280 e. The number of amides is 1. The van der Waals surface area contributed by atoms with Crippen LogP contribution in [0.25, 0.3) is 6.08 Å². The molecular formula is C20H22N2O2Si.